The minimum atomic E-state index is -0.395. The molecular formula is C12H15NO3. The van der Waals surface area contributed by atoms with Gasteiger partial charge in [-0.25, -0.2) is 0 Å². The number of anilines is 1. The summed E-state index contributed by atoms with van der Waals surface area (Å²) in [6, 6.07) is 7.18. The van der Waals surface area contributed by atoms with Crippen LogP contribution in [0.1, 0.15) is 25.3 Å². The fourth-order valence-electron chi connectivity index (χ4n) is 1.48. The van der Waals surface area contributed by atoms with Crippen LogP contribution in [0.15, 0.2) is 24.3 Å². The predicted octanol–water partition coefficient (Wildman–Crippen LogP) is 1.92. The van der Waals surface area contributed by atoms with Gasteiger partial charge in [-0.05, 0) is 18.6 Å². The van der Waals surface area contributed by atoms with E-state index in [9.17, 15) is 9.59 Å². The highest BCUT2D eigenvalue weighted by Crippen LogP contribution is 2.25. The second-order valence-corrected chi connectivity index (χ2v) is 3.51. The third-order valence-electron chi connectivity index (χ3n) is 2.29. The first-order valence-corrected chi connectivity index (χ1v) is 5.00. The number of methoxy groups -OCH3 is 1. The third kappa shape index (κ3) is 2.82. The van der Waals surface area contributed by atoms with Crippen molar-refractivity contribution in [3.05, 3.63) is 29.8 Å². The molecule has 0 fully saturated rings. The second kappa shape index (κ2) is 5.30. The van der Waals surface area contributed by atoms with E-state index in [2.05, 4.69) is 10.1 Å². The molecule has 1 N–H and O–H groups in total. The lowest BCUT2D eigenvalue weighted by Crippen LogP contribution is -2.15. The molecule has 0 spiro atoms. The van der Waals surface area contributed by atoms with Gasteiger partial charge in [0.1, 0.15) is 0 Å². The van der Waals surface area contributed by atoms with Crippen molar-refractivity contribution in [1.29, 1.82) is 0 Å². The summed E-state index contributed by atoms with van der Waals surface area (Å²) in [7, 11) is 1.35. The van der Waals surface area contributed by atoms with Gasteiger partial charge in [0.15, 0.2) is 0 Å². The Kier molecular flexibility index (Phi) is 4.05. The number of hydrogen-bond donors (Lipinski definition) is 1. The van der Waals surface area contributed by atoms with Crippen molar-refractivity contribution >= 4 is 17.6 Å². The van der Waals surface area contributed by atoms with E-state index < -0.39 is 5.92 Å². The number of para-hydroxylation sites is 1. The quantitative estimate of drug-likeness (QED) is 0.793. The third-order valence-corrected chi connectivity index (χ3v) is 2.29. The molecule has 4 heteroatoms. The van der Waals surface area contributed by atoms with Crippen LogP contribution in [0.4, 0.5) is 5.69 Å². The standard InChI is InChI=1S/C12H15NO3/c1-8(12(15)16-3)10-6-4-5-7-11(10)13-9(2)14/h4-8H,1-3H3,(H,13,14). The normalized spacial score (nSPS) is 11.7. The Morgan fingerprint density at radius 3 is 2.50 bits per heavy atom. The molecule has 4 nitrogen and oxygen atoms in total. The Balaban J connectivity index is 3.02. The lowest BCUT2D eigenvalue weighted by atomic mass is 9.99. The number of carbonyl (C=O) groups is 2. The van der Waals surface area contributed by atoms with E-state index in [4.69, 9.17) is 0 Å². The summed E-state index contributed by atoms with van der Waals surface area (Å²) in [5.74, 6) is -0.879. The Morgan fingerprint density at radius 2 is 1.94 bits per heavy atom. The van der Waals surface area contributed by atoms with E-state index in [1.54, 1.807) is 25.1 Å². The summed E-state index contributed by atoms with van der Waals surface area (Å²) in [5, 5.41) is 2.69. The maximum absolute atomic E-state index is 11.4. The number of ether oxygens (including phenoxy) is 1. The molecule has 0 aliphatic carbocycles. The van der Waals surface area contributed by atoms with Gasteiger partial charge in [-0.2, -0.15) is 0 Å². The Labute approximate surface area is 94.6 Å². The van der Waals surface area contributed by atoms with Crippen molar-refractivity contribution in [2.75, 3.05) is 12.4 Å². The van der Waals surface area contributed by atoms with Crippen LogP contribution in [0.2, 0.25) is 0 Å². The van der Waals surface area contributed by atoms with E-state index in [1.807, 2.05) is 6.07 Å². The maximum atomic E-state index is 11.4. The molecule has 1 atom stereocenters. The van der Waals surface area contributed by atoms with Crippen molar-refractivity contribution in [2.24, 2.45) is 0 Å². The van der Waals surface area contributed by atoms with Crippen LogP contribution in [-0.2, 0) is 14.3 Å². The highest BCUT2D eigenvalue weighted by molar-refractivity contribution is 5.91. The summed E-state index contributed by atoms with van der Waals surface area (Å²) in [4.78, 5) is 22.4. The zero-order chi connectivity index (χ0) is 12.1. The molecule has 0 saturated heterocycles. The monoisotopic (exact) mass is 221 g/mol. The number of benzene rings is 1. The van der Waals surface area contributed by atoms with Gasteiger partial charge in [-0.15, -0.1) is 0 Å². The number of amides is 1. The molecular weight excluding hydrogens is 206 g/mol. The van der Waals surface area contributed by atoms with Crippen LogP contribution in [0.5, 0.6) is 0 Å². The van der Waals surface area contributed by atoms with Gasteiger partial charge in [-0.1, -0.05) is 18.2 Å². The van der Waals surface area contributed by atoms with Crippen LogP contribution in [-0.4, -0.2) is 19.0 Å². The molecule has 0 heterocycles. The van der Waals surface area contributed by atoms with Gasteiger partial charge in [0, 0.05) is 12.6 Å². The molecule has 1 aromatic rings. The summed E-state index contributed by atoms with van der Waals surface area (Å²) in [6.07, 6.45) is 0. The number of hydrogen-bond acceptors (Lipinski definition) is 3. The summed E-state index contributed by atoms with van der Waals surface area (Å²) >= 11 is 0. The zero-order valence-corrected chi connectivity index (χ0v) is 9.61. The Morgan fingerprint density at radius 1 is 1.31 bits per heavy atom. The van der Waals surface area contributed by atoms with Gasteiger partial charge in [0.25, 0.3) is 0 Å². The van der Waals surface area contributed by atoms with Gasteiger partial charge in [-0.3, -0.25) is 9.59 Å². The predicted molar refractivity (Wildman–Crippen MR) is 61.2 cm³/mol. The van der Waals surface area contributed by atoms with E-state index in [1.165, 1.54) is 14.0 Å². The first-order valence-electron chi connectivity index (χ1n) is 5.00. The number of carbonyl (C=O) groups excluding carboxylic acids is 2. The highest BCUT2D eigenvalue weighted by Gasteiger charge is 2.18. The lowest BCUT2D eigenvalue weighted by molar-refractivity contribution is -0.142. The topological polar surface area (TPSA) is 55.4 Å². The lowest BCUT2D eigenvalue weighted by Gasteiger charge is -2.14. The molecule has 0 saturated carbocycles. The van der Waals surface area contributed by atoms with E-state index in [-0.39, 0.29) is 11.9 Å². The molecule has 1 unspecified atom stereocenters. The van der Waals surface area contributed by atoms with Crippen LogP contribution >= 0.6 is 0 Å². The SMILES string of the molecule is COC(=O)C(C)c1ccccc1NC(C)=O. The van der Waals surface area contributed by atoms with Gasteiger partial charge in [0.05, 0.1) is 13.0 Å². The summed E-state index contributed by atoms with van der Waals surface area (Å²) in [5.41, 5.74) is 1.40. The van der Waals surface area contributed by atoms with E-state index >= 15 is 0 Å². The Bertz CT molecular complexity index is 401. The van der Waals surface area contributed by atoms with Crippen LogP contribution in [0.3, 0.4) is 0 Å². The number of esters is 1. The highest BCUT2D eigenvalue weighted by atomic mass is 16.5. The molecule has 0 radical (unpaired) electrons. The molecule has 86 valence electrons. The van der Waals surface area contributed by atoms with Crippen molar-refractivity contribution in [3.8, 4) is 0 Å². The summed E-state index contributed by atoms with van der Waals surface area (Å²) < 4.78 is 4.67. The minimum absolute atomic E-state index is 0.162. The molecule has 1 rings (SSSR count). The van der Waals surface area contributed by atoms with Gasteiger partial charge >= 0.3 is 5.97 Å². The van der Waals surface area contributed by atoms with Gasteiger partial charge in [0.2, 0.25) is 5.91 Å². The zero-order valence-electron chi connectivity index (χ0n) is 9.61. The fraction of sp³-hybridized carbons (Fsp3) is 0.333. The van der Waals surface area contributed by atoms with Crippen LogP contribution < -0.4 is 5.32 Å². The van der Waals surface area contributed by atoms with Crippen molar-refractivity contribution in [2.45, 2.75) is 19.8 Å². The summed E-state index contributed by atoms with van der Waals surface area (Å²) in [6.45, 7) is 3.17. The smallest absolute Gasteiger partial charge is 0.312 e. The average molecular weight is 221 g/mol. The molecule has 0 aliphatic heterocycles. The van der Waals surface area contributed by atoms with Crippen LogP contribution in [0.25, 0.3) is 0 Å². The molecule has 0 aliphatic rings. The van der Waals surface area contributed by atoms with E-state index in [0.717, 1.165) is 5.56 Å². The first kappa shape index (κ1) is 12.2. The van der Waals surface area contributed by atoms with Gasteiger partial charge < -0.3 is 10.1 Å². The van der Waals surface area contributed by atoms with Crippen molar-refractivity contribution in [3.63, 3.8) is 0 Å². The van der Waals surface area contributed by atoms with Crippen molar-refractivity contribution < 1.29 is 14.3 Å². The average Bonchev–Trinajstić information content (AvgIpc) is 2.27. The molecule has 1 amide bonds. The molecule has 0 aromatic heterocycles. The minimum Gasteiger partial charge on any atom is -0.469 e. The fourth-order valence-corrected chi connectivity index (χ4v) is 1.48. The number of rotatable bonds is 3. The maximum Gasteiger partial charge on any atom is 0.312 e. The molecule has 16 heavy (non-hydrogen) atoms. The Hall–Kier alpha value is -1.84. The largest absolute Gasteiger partial charge is 0.469 e. The van der Waals surface area contributed by atoms with Crippen LogP contribution in [0, 0.1) is 0 Å². The molecule has 1 aromatic carbocycles. The van der Waals surface area contributed by atoms with Crippen molar-refractivity contribution in [1.82, 2.24) is 0 Å². The first-order chi connectivity index (χ1) is 7.56. The number of nitrogens with one attached hydrogen (secondary N) is 1. The second-order valence-electron chi connectivity index (χ2n) is 3.51. The molecule has 0 bridgehead atoms. The van der Waals surface area contributed by atoms with E-state index in [0.29, 0.717) is 5.69 Å².